The van der Waals surface area contributed by atoms with Crippen molar-refractivity contribution in [2.45, 2.75) is 13.1 Å². The van der Waals surface area contributed by atoms with Crippen LogP contribution in [0.3, 0.4) is 0 Å². The van der Waals surface area contributed by atoms with Crippen LogP contribution in [-0.2, 0) is 13.1 Å². The topological polar surface area (TPSA) is 89.8 Å². The van der Waals surface area contributed by atoms with Crippen LogP contribution in [-0.4, -0.2) is 21.9 Å². The third kappa shape index (κ3) is 2.47. The van der Waals surface area contributed by atoms with Crippen molar-refractivity contribution < 1.29 is 4.74 Å². The molecule has 0 aliphatic heterocycles. The molecule has 1 aromatic carbocycles. The second-order valence-corrected chi connectivity index (χ2v) is 3.70. The number of methoxy groups -OCH3 is 1. The molecule has 0 unspecified atom stereocenters. The van der Waals surface area contributed by atoms with Gasteiger partial charge in [-0.2, -0.15) is 10.4 Å². The maximum Gasteiger partial charge on any atom is 0.164 e. The van der Waals surface area contributed by atoms with Crippen LogP contribution in [0.4, 0.5) is 0 Å². The van der Waals surface area contributed by atoms with Gasteiger partial charge in [0.15, 0.2) is 5.82 Å². The zero-order valence-electron chi connectivity index (χ0n) is 10.00. The lowest BCUT2D eigenvalue weighted by Gasteiger charge is -2.08. The molecule has 0 radical (unpaired) electrons. The van der Waals surface area contributed by atoms with Crippen molar-refractivity contribution in [2.24, 2.45) is 5.73 Å². The Morgan fingerprint density at radius 2 is 2.33 bits per heavy atom. The lowest BCUT2D eigenvalue weighted by atomic mass is 10.1. The predicted octanol–water partition coefficient (Wildman–Crippen LogP) is 0.665. The second-order valence-electron chi connectivity index (χ2n) is 3.70. The number of aromatic nitrogens is 3. The summed E-state index contributed by atoms with van der Waals surface area (Å²) < 4.78 is 6.92. The maximum atomic E-state index is 8.89. The van der Waals surface area contributed by atoms with E-state index >= 15 is 0 Å². The van der Waals surface area contributed by atoms with Gasteiger partial charge in [0, 0.05) is 5.56 Å². The van der Waals surface area contributed by atoms with E-state index in [4.69, 9.17) is 15.7 Å². The van der Waals surface area contributed by atoms with Gasteiger partial charge in [0.25, 0.3) is 0 Å². The highest BCUT2D eigenvalue weighted by molar-refractivity contribution is 5.42. The van der Waals surface area contributed by atoms with E-state index < -0.39 is 0 Å². The van der Waals surface area contributed by atoms with E-state index in [0.717, 1.165) is 11.3 Å². The monoisotopic (exact) mass is 243 g/mol. The Hall–Kier alpha value is -2.39. The molecule has 2 aromatic rings. The van der Waals surface area contributed by atoms with E-state index in [1.165, 1.54) is 0 Å². The number of ether oxygens (including phenoxy) is 1. The van der Waals surface area contributed by atoms with E-state index in [1.807, 2.05) is 0 Å². The van der Waals surface area contributed by atoms with Gasteiger partial charge in [-0.25, -0.2) is 9.67 Å². The Labute approximate surface area is 105 Å². The number of rotatable bonds is 4. The minimum atomic E-state index is 0.308. The Kier molecular flexibility index (Phi) is 3.55. The Morgan fingerprint density at radius 1 is 1.50 bits per heavy atom. The Bertz CT molecular complexity index is 584. The molecule has 0 aliphatic rings. The first-order valence-electron chi connectivity index (χ1n) is 5.42. The van der Waals surface area contributed by atoms with Gasteiger partial charge < -0.3 is 10.5 Å². The molecule has 6 heteroatoms. The lowest BCUT2D eigenvalue weighted by molar-refractivity contribution is 0.407. The van der Waals surface area contributed by atoms with E-state index in [2.05, 4.69) is 16.2 Å². The molecule has 0 bridgehead atoms. The van der Waals surface area contributed by atoms with E-state index in [0.29, 0.717) is 24.5 Å². The highest BCUT2D eigenvalue weighted by Crippen LogP contribution is 2.20. The zero-order chi connectivity index (χ0) is 13.0. The standard InChI is InChI=1S/C12H13N5O/c1-18-11-3-2-9(5-13)4-10(11)7-17-8-15-12(6-14)16-17/h2-4,8H,6-7,14H2,1H3. The largest absolute Gasteiger partial charge is 0.496 e. The SMILES string of the molecule is COc1ccc(C#N)cc1Cn1cnc(CN)n1. The number of nitrogens with two attached hydrogens (primary N) is 1. The first-order valence-corrected chi connectivity index (χ1v) is 5.42. The molecule has 2 rings (SSSR count). The highest BCUT2D eigenvalue weighted by Gasteiger charge is 2.07. The van der Waals surface area contributed by atoms with Gasteiger partial charge in [0.1, 0.15) is 12.1 Å². The van der Waals surface area contributed by atoms with Gasteiger partial charge in [0.2, 0.25) is 0 Å². The fraction of sp³-hybridized carbons (Fsp3) is 0.250. The van der Waals surface area contributed by atoms with Gasteiger partial charge in [-0.1, -0.05) is 0 Å². The van der Waals surface area contributed by atoms with Crippen molar-refractivity contribution in [1.29, 1.82) is 5.26 Å². The maximum absolute atomic E-state index is 8.89. The molecule has 0 amide bonds. The summed E-state index contributed by atoms with van der Waals surface area (Å²) >= 11 is 0. The summed E-state index contributed by atoms with van der Waals surface area (Å²) in [4.78, 5) is 4.05. The first-order chi connectivity index (χ1) is 8.76. The van der Waals surface area contributed by atoms with Crippen LogP contribution in [0.2, 0.25) is 0 Å². The molecule has 0 saturated heterocycles. The predicted molar refractivity (Wildman–Crippen MR) is 64.7 cm³/mol. The molecule has 1 aromatic heterocycles. The molecule has 2 N–H and O–H groups in total. The van der Waals surface area contributed by atoms with Crippen LogP contribution >= 0.6 is 0 Å². The fourth-order valence-corrected chi connectivity index (χ4v) is 1.65. The average molecular weight is 243 g/mol. The molecular weight excluding hydrogens is 230 g/mol. The van der Waals surface area contributed by atoms with Crippen LogP contribution in [0.15, 0.2) is 24.5 Å². The Morgan fingerprint density at radius 3 is 2.94 bits per heavy atom. The molecule has 92 valence electrons. The summed E-state index contributed by atoms with van der Waals surface area (Å²) in [5.74, 6) is 1.31. The molecular formula is C12H13N5O. The van der Waals surface area contributed by atoms with Gasteiger partial charge >= 0.3 is 0 Å². The van der Waals surface area contributed by atoms with Crippen molar-refractivity contribution >= 4 is 0 Å². The van der Waals surface area contributed by atoms with Crippen molar-refractivity contribution in [1.82, 2.24) is 14.8 Å². The summed E-state index contributed by atoms with van der Waals surface area (Å²) in [6, 6.07) is 7.37. The molecule has 0 saturated carbocycles. The molecule has 0 fully saturated rings. The first kappa shape index (κ1) is 12.1. The normalized spacial score (nSPS) is 10.1. The number of nitriles is 1. The second kappa shape index (κ2) is 5.29. The molecule has 18 heavy (non-hydrogen) atoms. The minimum Gasteiger partial charge on any atom is -0.496 e. The summed E-state index contributed by atoms with van der Waals surface area (Å²) in [6.45, 7) is 0.800. The lowest BCUT2D eigenvalue weighted by Crippen LogP contribution is -2.05. The van der Waals surface area contributed by atoms with Crippen LogP contribution in [0.1, 0.15) is 17.0 Å². The quantitative estimate of drug-likeness (QED) is 0.852. The third-order valence-corrected chi connectivity index (χ3v) is 2.51. The minimum absolute atomic E-state index is 0.308. The summed E-state index contributed by atoms with van der Waals surface area (Å²) in [5, 5.41) is 13.1. The zero-order valence-corrected chi connectivity index (χ0v) is 10.00. The molecule has 1 heterocycles. The number of nitrogens with zero attached hydrogens (tertiary/aromatic N) is 4. The summed E-state index contributed by atoms with van der Waals surface area (Å²) in [5.41, 5.74) is 6.92. The van der Waals surface area contributed by atoms with Crippen molar-refractivity contribution in [3.05, 3.63) is 41.5 Å². The van der Waals surface area contributed by atoms with Crippen molar-refractivity contribution in [3.8, 4) is 11.8 Å². The third-order valence-electron chi connectivity index (χ3n) is 2.51. The average Bonchev–Trinajstić information content (AvgIpc) is 2.86. The van der Waals surface area contributed by atoms with Crippen molar-refractivity contribution in [2.75, 3.05) is 7.11 Å². The van der Waals surface area contributed by atoms with Crippen LogP contribution in [0.5, 0.6) is 5.75 Å². The van der Waals surface area contributed by atoms with Gasteiger partial charge in [-0.05, 0) is 18.2 Å². The van der Waals surface area contributed by atoms with Crippen LogP contribution in [0.25, 0.3) is 0 Å². The number of hydrogen-bond acceptors (Lipinski definition) is 5. The van der Waals surface area contributed by atoms with Gasteiger partial charge in [-0.3, -0.25) is 0 Å². The van der Waals surface area contributed by atoms with Gasteiger partial charge in [0.05, 0.1) is 31.8 Å². The molecule has 0 aliphatic carbocycles. The number of benzene rings is 1. The van der Waals surface area contributed by atoms with Gasteiger partial charge in [-0.15, -0.1) is 0 Å². The Balaban J connectivity index is 2.29. The fourth-order valence-electron chi connectivity index (χ4n) is 1.65. The van der Waals surface area contributed by atoms with E-state index in [9.17, 15) is 0 Å². The molecule has 0 atom stereocenters. The van der Waals surface area contributed by atoms with Crippen molar-refractivity contribution in [3.63, 3.8) is 0 Å². The highest BCUT2D eigenvalue weighted by atomic mass is 16.5. The smallest absolute Gasteiger partial charge is 0.164 e. The van der Waals surface area contributed by atoms with E-state index in [1.54, 1.807) is 36.3 Å². The molecule has 6 nitrogen and oxygen atoms in total. The van der Waals surface area contributed by atoms with Crippen LogP contribution in [0, 0.1) is 11.3 Å². The summed E-state index contributed by atoms with van der Waals surface area (Å²) in [6.07, 6.45) is 1.61. The summed E-state index contributed by atoms with van der Waals surface area (Å²) in [7, 11) is 1.59. The molecule has 0 spiro atoms. The van der Waals surface area contributed by atoms with Crippen LogP contribution < -0.4 is 10.5 Å². The van der Waals surface area contributed by atoms with E-state index in [-0.39, 0.29) is 0 Å². The number of hydrogen-bond donors (Lipinski definition) is 1.